The molecule has 7 heteroatoms. The van der Waals surface area contributed by atoms with Crippen molar-refractivity contribution in [1.82, 2.24) is 10.6 Å². The minimum absolute atomic E-state index is 0. The Morgan fingerprint density at radius 1 is 1.14 bits per heavy atom. The van der Waals surface area contributed by atoms with Crippen molar-refractivity contribution in [1.29, 1.82) is 0 Å². The van der Waals surface area contributed by atoms with Gasteiger partial charge in [0, 0.05) is 20.1 Å². The molecule has 4 N–H and O–H groups in total. The highest BCUT2D eigenvalue weighted by molar-refractivity contribution is 14.0. The average molecular weight is 498 g/mol. The molecule has 152 valence electrons. The van der Waals surface area contributed by atoms with E-state index >= 15 is 0 Å². The van der Waals surface area contributed by atoms with E-state index in [0.29, 0.717) is 25.5 Å². The van der Waals surface area contributed by atoms with Crippen molar-refractivity contribution < 1.29 is 9.18 Å². The van der Waals surface area contributed by atoms with Crippen LogP contribution in [0.15, 0.2) is 47.5 Å². The van der Waals surface area contributed by atoms with Crippen LogP contribution in [0.25, 0.3) is 0 Å². The Labute approximate surface area is 183 Å². The fourth-order valence-corrected chi connectivity index (χ4v) is 2.84. The van der Waals surface area contributed by atoms with E-state index < -0.39 is 11.8 Å². The minimum atomic E-state index is -0.421. The Bertz CT molecular complexity index is 809. The molecular formula is C21H28FIN4O. The van der Waals surface area contributed by atoms with Gasteiger partial charge in [0.05, 0.1) is 5.92 Å². The molecule has 0 aliphatic heterocycles. The Hall–Kier alpha value is -2.16. The number of amides is 1. The second-order valence-electron chi connectivity index (χ2n) is 6.67. The first kappa shape index (κ1) is 23.9. The molecule has 0 aromatic heterocycles. The van der Waals surface area contributed by atoms with Gasteiger partial charge in [-0.25, -0.2) is 4.39 Å². The zero-order chi connectivity index (χ0) is 19.8. The Balaban J connectivity index is 0.00000392. The lowest BCUT2D eigenvalue weighted by atomic mass is 9.98. The normalized spacial score (nSPS) is 12.1. The summed E-state index contributed by atoms with van der Waals surface area (Å²) in [6.45, 7) is 5.12. The number of aryl methyl sites for hydroxylation is 2. The van der Waals surface area contributed by atoms with Crippen LogP contribution >= 0.6 is 24.0 Å². The van der Waals surface area contributed by atoms with Gasteiger partial charge < -0.3 is 16.4 Å². The van der Waals surface area contributed by atoms with E-state index in [1.54, 1.807) is 19.2 Å². The van der Waals surface area contributed by atoms with Crippen LogP contribution in [0.2, 0.25) is 0 Å². The average Bonchev–Trinajstić information content (AvgIpc) is 2.63. The molecule has 2 rings (SSSR count). The van der Waals surface area contributed by atoms with Gasteiger partial charge in [0.1, 0.15) is 5.82 Å². The minimum Gasteiger partial charge on any atom is -0.369 e. The summed E-state index contributed by atoms with van der Waals surface area (Å²) in [5, 5.41) is 6.40. The van der Waals surface area contributed by atoms with Crippen molar-refractivity contribution in [2.24, 2.45) is 16.6 Å². The van der Waals surface area contributed by atoms with Gasteiger partial charge in [-0.3, -0.25) is 9.79 Å². The number of nitrogens with two attached hydrogens (primary N) is 1. The summed E-state index contributed by atoms with van der Waals surface area (Å²) in [5.41, 5.74) is 10.0. The summed E-state index contributed by atoms with van der Waals surface area (Å²) in [6, 6.07) is 12.4. The quantitative estimate of drug-likeness (QED) is 0.312. The molecule has 1 atom stereocenters. The predicted molar refractivity (Wildman–Crippen MR) is 122 cm³/mol. The molecule has 1 amide bonds. The first-order valence-electron chi connectivity index (χ1n) is 8.93. The summed E-state index contributed by atoms with van der Waals surface area (Å²) >= 11 is 0. The second-order valence-corrected chi connectivity index (χ2v) is 6.67. The number of nitrogens with zero attached hydrogens (tertiary/aromatic N) is 1. The maximum atomic E-state index is 13.0. The monoisotopic (exact) mass is 498 g/mol. The number of rotatable bonds is 7. The van der Waals surface area contributed by atoms with Gasteiger partial charge in [-0.05, 0) is 49.1 Å². The van der Waals surface area contributed by atoms with Crippen LogP contribution in [0, 0.1) is 25.6 Å². The van der Waals surface area contributed by atoms with Crippen molar-refractivity contribution in [3.05, 3.63) is 70.5 Å². The van der Waals surface area contributed by atoms with Crippen LogP contribution in [0.1, 0.15) is 22.3 Å². The van der Waals surface area contributed by atoms with Crippen LogP contribution in [-0.2, 0) is 17.8 Å². The van der Waals surface area contributed by atoms with Crippen molar-refractivity contribution in [3.63, 3.8) is 0 Å². The molecule has 0 spiro atoms. The van der Waals surface area contributed by atoms with E-state index in [-0.39, 0.29) is 29.8 Å². The number of halogens is 2. The molecule has 2 aromatic rings. The van der Waals surface area contributed by atoms with Crippen LogP contribution < -0.4 is 16.4 Å². The van der Waals surface area contributed by atoms with E-state index in [1.165, 1.54) is 28.8 Å². The third kappa shape index (κ3) is 7.46. The lowest BCUT2D eigenvalue weighted by Gasteiger charge is -2.18. The van der Waals surface area contributed by atoms with Gasteiger partial charge in [0.25, 0.3) is 0 Å². The highest BCUT2D eigenvalue weighted by atomic mass is 127. The molecule has 0 aliphatic carbocycles. The first-order valence-corrected chi connectivity index (χ1v) is 8.93. The molecule has 0 fully saturated rings. The van der Waals surface area contributed by atoms with E-state index in [9.17, 15) is 9.18 Å². The largest absolute Gasteiger partial charge is 0.369 e. The molecule has 5 nitrogen and oxygen atoms in total. The Morgan fingerprint density at radius 2 is 1.82 bits per heavy atom. The summed E-state index contributed by atoms with van der Waals surface area (Å²) in [7, 11) is 1.68. The standard InChI is InChI=1S/C21H27FN4O.HI/c1-14-4-7-17(15(2)10-14)12-25-21(24-3)26-13-18(20(23)27)11-16-5-8-19(22)9-6-16;/h4-10,18H,11-13H2,1-3H3,(H2,23,27)(H2,24,25,26);1H. The number of carbonyl (C=O) groups excluding carboxylic acids is 1. The lowest BCUT2D eigenvalue weighted by Crippen LogP contribution is -2.42. The van der Waals surface area contributed by atoms with E-state index in [1.807, 2.05) is 0 Å². The predicted octanol–water partition coefficient (Wildman–Crippen LogP) is 3.07. The molecule has 0 bridgehead atoms. The topological polar surface area (TPSA) is 79.5 Å². The highest BCUT2D eigenvalue weighted by Crippen LogP contribution is 2.11. The number of aliphatic imine (C=N–C) groups is 1. The molecule has 0 radical (unpaired) electrons. The molecule has 1 unspecified atom stereocenters. The highest BCUT2D eigenvalue weighted by Gasteiger charge is 2.17. The third-order valence-corrected chi connectivity index (χ3v) is 4.48. The zero-order valence-corrected chi connectivity index (χ0v) is 18.8. The first-order chi connectivity index (χ1) is 12.9. The number of hydrogen-bond acceptors (Lipinski definition) is 2. The SMILES string of the molecule is CN=C(NCc1ccc(C)cc1C)NCC(Cc1ccc(F)cc1)C(N)=O.I. The number of hydrogen-bond donors (Lipinski definition) is 3. The molecule has 28 heavy (non-hydrogen) atoms. The fraction of sp³-hybridized carbons (Fsp3) is 0.333. The number of guanidine groups is 1. The smallest absolute Gasteiger partial charge is 0.222 e. The van der Waals surface area contributed by atoms with Crippen LogP contribution in [0.4, 0.5) is 4.39 Å². The fourth-order valence-electron chi connectivity index (χ4n) is 2.84. The molecule has 0 aliphatic rings. The number of nitrogens with one attached hydrogen (secondary N) is 2. The van der Waals surface area contributed by atoms with Gasteiger partial charge in [-0.2, -0.15) is 0 Å². The van der Waals surface area contributed by atoms with Gasteiger partial charge >= 0.3 is 0 Å². The van der Waals surface area contributed by atoms with Crippen LogP contribution in [0.3, 0.4) is 0 Å². The maximum Gasteiger partial charge on any atom is 0.222 e. The number of carbonyl (C=O) groups is 1. The maximum absolute atomic E-state index is 13.0. The molecular weight excluding hydrogens is 470 g/mol. The summed E-state index contributed by atoms with van der Waals surface area (Å²) in [4.78, 5) is 16.0. The van der Waals surface area contributed by atoms with Crippen molar-refractivity contribution >= 4 is 35.8 Å². The van der Waals surface area contributed by atoms with E-state index in [0.717, 1.165) is 5.56 Å². The van der Waals surface area contributed by atoms with E-state index in [4.69, 9.17) is 5.73 Å². The van der Waals surface area contributed by atoms with E-state index in [2.05, 4.69) is 47.7 Å². The molecule has 0 saturated heterocycles. The summed E-state index contributed by atoms with van der Waals surface area (Å²) in [5.74, 6) is -0.532. The van der Waals surface area contributed by atoms with Gasteiger partial charge in [0.2, 0.25) is 5.91 Å². The lowest BCUT2D eigenvalue weighted by molar-refractivity contribution is -0.121. The molecule has 0 saturated carbocycles. The zero-order valence-electron chi connectivity index (χ0n) is 16.5. The van der Waals surface area contributed by atoms with Gasteiger partial charge in [-0.1, -0.05) is 35.9 Å². The van der Waals surface area contributed by atoms with Gasteiger partial charge in [0.15, 0.2) is 5.96 Å². The summed E-state index contributed by atoms with van der Waals surface area (Å²) in [6.07, 6.45) is 0.441. The van der Waals surface area contributed by atoms with Crippen LogP contribution in [-0.4, -0.2) is 25.5 Å². The van der Waals surface area contributed by atoms with Crippen molar-refractivity contribution in [3.8, 4) is 0 Å². The number of benzene rings is 2. The van der Waals surface area contributed by atoms with Crippen LogP contribution in [0.5, 0.6) is 0 Å². The Morgan fingerprint density at radius 3 is 2.39 bits per heavy atom. The Kier molecular flexibility index (Phi) is 9.92. The van der Waals surface area contributed by atoms with Crippen molar-refractivity contribution in [2.45, 2.75) is 26.8 Å². The molecule has 2 aromatic carbocycles. The van der Waals surface area contributed by atoms with Crippen molar-refractivity contribution in [2.75, 3.05) is 13.6 Å². The second kappa shape index (κ2) is 11.6. The van der Waals surface area contributed by atoms with Gasteiger partial charge in [-0.15, -0.1) is 24.0 Å². The molecule has 0 heterocycles. The third-order valence-electron chi connectivity index (χ3n) is 4.48. The number of primary amides is 1. The summed E-state index contributed by atoms with van der Waals surface area (Å²) < 4.78 is 13.0.